The van der Waals surface area contributed by atoms with Gasteiger partial charge >= 0.3 is 0 Å². The lowest BCUT2D eigenvalue weighted by atomic mass is 10.1. The molecule has 0 aliphatic rings. The van der Waals surface area contributed by atoms with E-state index in [1.165, 1.54) is 12.1 Å². The van der Waals surface area contributed by atoms with Gasteiger partial charge in [-0.05, 0) is 51.5 Å². The molecule has 0 aliphatic heterocycles. The molecule has 0 aliphatic carbocycles. The second-order valence-corrected chi connectivity index (χ2v) is 9.06. The Balaban J connectivity index is 2.35. The van der Waals surface area contributed by atoms with Gasteiger partial charge in [0.25, 0.3) is 5.91 Å². The molecule has 0 atom stereocenters. The third-order valence-electron chi connectivity index (χ3n) is 3.77. The van der Waals surface area contributed by atoms with Crippen molar-refractivity contribution >= 4 is 21.6 Å². The standard InChI is InChI=1S/C20H26N2O4S/c1-14-10-11-16(27(24,25)22-20(2,3)4)12-17(14)19(23)21-18-9-7-6-8-15(18)13-26-5/h6-12,22H,13H2,1-5H3,(H,21,23). The maximum absolute atomic E-state index is 12.8. The zero-order valence-electron chi connectivity index (χ0n) is 16.3. The number of para-hydroxylation sites is 1. The van der Waals surface area contributed by atoms with E-state index in [4.69, 9.17) is 4.74 Å². The monoisotopic (exact) mass is 390 g/mol. The van der Waals surface area contributed by atoms with Crippen LogP contribution in [-0.2, 0) is 21.4 Å². The lowest BCUT2D eigenvalue weighted by molar-refractivity contribution is 0.102. The van der Waals surface area contributed by atoms with E-state index >= 15 is 0 Å². The van der Waals surface area contributed by atoms with Gasteiger partial charge in [-0.15, -0.1) is 0 Å². The number of aryl methyl sites for hydroxylation is 1. The molecule has 2 rings (SSSR count). The summed E-state index contributed by atoms with van der Waals surface area (Å²) >= 11 is 0. The molecule has 27 heavy (non-hydrogen) atoms. The number of hydrogen-bond donors (Lipinski definition) is 2. The second-order valence-electron chi connectivity index (χ2n) is 7.38. The molecule has 6 nitrogen and oxygen atoms in total. The summed E-state index contributed by atoms with van der Waals surface area (Å²) in [6, 6.07) is 11.9. The highest BCUT2D eigenvalue weighted by atomic mass is 32.2. The van der Waals surface area contributed by atoms with Crippen LogP contribution in [-0.4, -0.2) is 27.0 Å². The van der Waals surface area contributed by atoms with E-state index in [2.05, 4.69) is 10.0 Å². The minimum atomic E-state index is -3.73. The minimum absolute atomic E-state index is 0.0540. The Morgan fingerprint density at radius 2 is 1.78 bits per heavy atom. The van der Waals surface area contributed by atoms with E-state index in [1.807, 2.05) is 18.2 Å². The van der Waals surface area contributed by atoms with Crippen LogP contribution in [0.15, 0.2) is 47.4 Å². The first kappa shape index (κ1) is 21.1. The Bertz CT molecular complexity index is 931. The van der Waals surface area contributed by atoms with E-state index in [0.29, 0.717) is 23.4 Å². The summed E-state index contributed by atoms with van der Waals surface area (Å²) in [6.07, 6.45) is 0. The lowest BCUT2D eigenvalue weighted by Crippen LogP contribution is -2.40. The van der Waals surface area contributed by atoms with Crippen LogP contribution in [0.25, 0.3) is 0 Å². The van der Waals surface area contributed by atoms with Crippen LogP contribution in [0.5, 0.6) is 0 Å². The number of benzene rings is 2. The van der Waals surface area contributed by atoms with Gasteiger partial charge in [-0.3, -0.25) is 4.79 Å². The Labute approximate surface area is 161 Å². The summed E-state index contributed by atoms with van der Waals surface area (Å²) in [5, 5.41) is 2.85. The number of carbonyl (C=O) groups is 1. The molecule has 2 aromatic carbocycles. The number of carbonyl (C=O) groups excluding carboxylic acids is 1. The van der Waals surface area contributed by atoms with Crippen molar-refractivity contribution < 1.29 is 17.9 Å². The number of rotatable bonds is 6. The number of hydrogen-bond acceptors (Lipinski definition) is 4. The fraction of sp³-hybridized carbons (Fsp3) is 0.350. The molecule has 0 radical (unpaired) electrons. The molecule has 0 aromatic heterocycles. The molecule has 0 bridgehead atoms. The van der Waals surface area contributed by atoms with Crippen molar-refractivity contribution in [3.63, 3.8) is 0 Å². The van der Waals surface area contributed by atoms with Crippen LogP contribution < -0.4 is 10.0 Å². The van der Waals surface area contributed by atoms with Gasteiger partial charge in [0.15, 0.2) is 0 Å². The Hall–Kier alpha value is -2.22. The van der Waals surface area contributed by atoms with Crippen molar-refractivity contribution in [1.82, 2.24) is 4.72 Å². The van der Waals surface area contributed by atoms with Gasteiger partial charge in [-0.25, -0.2) is 13.1 Å². The summed E-state index contributed by atoms with van der Waals surface area (Å²) in [5.74, 6) is -0.371. The fourth-order valence-electron chi connectivity index (χ4n) is 2.59. The third kappa shape index (κ3) is 5.63. The van der Waals surface area contributed by atoms with Crippen LogP contribution in [0, 0.1) is 6.92 Å². The average Bonchev–Trinajstić information content (AvgIpc) is 2.54. The second kappa shape index (κ2) is 8.21. The van der Waals surface area contributed by atoms with Crippen LogP contribution in [0.3, 0.4) is 0 Å². The van der Waals surface area contributed by atoms with E-state index in [9.17, 15) is 13.2 Å². The van der Waals surface area contributed by atoms with Gasteiger partial charge in [0, 0.05) is 29.5 Å². The molecule has 0 heterocycles. The van der Waals surface area contributed by atoms with Gasteiger partial charge in [-0.2, -0.15) is 0 Å². The number of ether oxygens (including phenoxy) is 1. The maximum Gasteiger partial charge on any atom is 0.255 e. The molecule has 0 saturated heterocycles. The normalized spacial score (nSPS) is 12.0. The number of amides is 1. The molecule has 7 heteroatoms. The van der Waals surface area contributed by atoms with Crippen LogP contribution in [0.1, 0.15) is 42.3 Å². The van der Waals surface area contributed by atoms with Gasteiger partial charge in [0.1, 0.15) is 0 Å². The molecule has 0 unspecified atom stereocenters. The summed E-state index contributed by atoms with van der Waals surface area (Å²) in [4.78, 5) is 12.8. The zero-order chi connectivity index (χ0) is 20.2. The maximum atomic E-state index is 12.8. The highest BCUT2D eigenvalue weighted by Gasteiger charge is 2.23. The minimum Gasteiger partial charge on any atom is -0.380 e. The third-order valence-corrected chi connectivity index (χ3v) is 5.53. The van der Waals surface area contributed by atoms with E-state index in [0.717, 1.165) is 5.56 Å². The Morgan fingerprint density at radius 3 is 2.41 bits per heavy atom. The fourth-order valence-corrected chi connectivity index (χ4v) is 4.03. The summed E-state index contributed by atoms with van der Waals surface area (Å²) in [7, 11) is -2.15. The summed E-state index contributed by atoms with van der Waals surface area (Å²) < 4.78 is 32.9. The number of anilines is 1. The van der Waals surface area contributed by atoms with Crippen molar-refractivity contribution in [3.05, 3.63) is 59.2 Å². The van der Waals surface area contributed by atoms with Crippen molar-refractivity contribution in [2.75, 3.05) is 12.4 Å². The van der Waals surface area contributed by atoms with Gasteiger partial charge in [0.2, 0.25) is 10.0 Å². The van der Waals surface area contributed by atoms with Crippen molar-refractivity contribution in [3.8, 4) is 0 Å². The number of nitrogens with one attached hydrogen (secondary N) is 2. The van der Waals surface area contributed by atoms with Crippen molar-refractivity contribution in [2.45, 2.75) is 44.7 Å². The zero-order valence-corrected chi connectivity index (χ0v) is 17.1. The van der Waals surface area contributed by atoms with E-state index < -0.39 is 15.6 Å². The molecule has 0 spiro atoms. The van der Waals surface area contributed by atoms with Crippen LogP contribution >= 0.6 is 0 Å². The van der Waals surface area contributed by atoms with Crippen molar-refractivity contribution in [2.24, 2.45) is 0 Å². The molecule has 2 aromatic rings. The average molecular weight is 391 g/mol. The smallest absolute Gasteiger partial charge is 0.255 e. The number of methoxy groups -OCH3 is 1. The van der Waals surface area contributed by atoms with Gasteiger partial charge < -0.3 is 10.1 Å². The molecule has 1 amide bonds. The van der Waals surface area contributed by atoms with Crippen LogP contribution in [0.4, 0.5) is 5.69 Å². The molecule has 146 valence electrons. The molecular weight excluding hydrogens is 364 g/mol. The highest BCUT2D eigenvalue weighted by molar-refractivity contribution is 7.89. The SMILES string of the molecule is COCc1ccccc1NC(=O)c1cc(S(=O)(=O)NC(C)(C)C)ccc1C. The van der Waals surface area contributed by atoms with Crippen LogP contribution in [0.2, 0.25) is 0 Å². The van der Waals surface area contributed by atoms with E-state index in [1.54, 1.807) is 46.9 Å². The molecule has 0 fully saturated rings. The van der Waals surface area contributed by atoms with Crippen molar-refractivity contribution in [1.29, 1.82) is 0 Å². The number of sulfonamides is 1. The topological polar surface area (TPSA) is 84.5 Å². The molecule has 2 N–H and O–H groups in total. The summed E-state index contributed by atoms with van der Waals surface area (Å²) in [6.45, 7) is 7.42. The Kier molecular flexibility index (Phi) is 6.41. The molecular formula is C20H26N2O4S. The summed E-state index contributed by atoms with van der Waals surface area (Å²) in [5.41, 5.74) is 1.84. The first-order valence-electron chi connectivity index (χ1n) is 8.56. The first-order chi connectivity index (χ1) is 12.5. The van der Waals surface area contributed by atoms with Gasteiger partial charge in [-0.1, -0.05) is 24.3 Å². The Morgan fingerprint density at radius 1 is 1.11 bits per heavy atom. The largest absolute Gasteiger partial charge is 0.380 e. The predicted molar refractivity (Wildman–Crippen MR) is 106 cm³/mol. The lowest BCUT2D eigenvalue weighted by Gasteiger charge is -2.21. The van der Waals surface area contributed by atoms with Gasteiger partial charge in [0.05, 0.1) is 11.5 Å². The van der Waals surface area contributed by atoms with E-state index in [-0.39, 0.29) is 10.8 Å². The first-order valence-corrected chi connectivity index (χ1v) is 10.0. The highest BCUT2D eigenvalue weighted by Crippen LogP contribution is 2.21. The predicted octanol–water partition coefficient (Wildman–Crippen LogP) is 3.47. The quantitative estimate of drug-likeness (QED) is 0.791. The molecule has 0 saturated carbocycles.